The third-order valence-electron chi connectivity index (χ3n) is 8.19. The van der Waals surface area contributed by atoms with Gasteiger partial charge in [0, 0.05) is 18.0 Å². The van der Waals surface area contributed by atoms with Crippen LogP contribution in [0.25, 0.3) is 0 Å². The summed E-state index contributed by atoms with van der Waals surface area (Å²) in [4.78, 5) is 38.5. The molecule has 0 aliphatic heterocycles. The Labute approximate surface area is 300 Å². The molecule has 1 rings (SSSR count). The number of aromatic hydroxyl groups is 1. The lowest BCUT2D eigenvalue weighted by molar-refractivity contribution is -0.128. The zero-order valence-corrected chi connectivity index (χ0v) is 31.4. The van der Waals surface area contributed by atoms with Gasteiger partial charge in [-0.2, -0.15) is 0 Å². The van der Waals surface area contributed by atoms with Gasteiger partial charge in [-0.1, -0.05) is 108 Å². The highest BCUT2D eigenvalue weighted by atomic mass is 32.2. The first kappa shape index (κ1) is 43.4. The third-order valence-corrected chi connectivity index (χ3v) is 10.0. The molecular weight excluding hydrogens is 631 g/mol. The number of unbranched alkanes of at least 4 members (excludes halogenated alkanes) is 1. The van der Waals surface area contributed by atoms with Gasteiger partial charge in [-0.3, -0.25) is 9.59 Å². The number of hydrogen-bond donors (Lipinski definition) is 3. The number of nitrogens with one attached hydrogen (secondary N) is 1. The highest BCUT2D eigenvalue weighted by Gasteiger charge is 2.37. The van der Waals surface area contributed by atoms with Gasteiger partial charge in [0.2, 0.25) is 5.91 Å². The van der Waals surface area contributed by atoms with Gasteiger partial charge in [0.05, 0.1) is 4.75 Å². The second kappa shape index (κ2) is 26.3. The maximum Gasteiger partial charge on any atom is 0.339 e. The Bertz CT molecular complexity index is 1300. The van der Waals surface area contributed by atoms with Crippen LogP contribution in [0.1, 0.15) is 122 Å². The molecule has 1 amide bonds. The van der Waals surface area contributed by atoms with E-state index in [1.165, 1.54) is 18.2 Å². The number of benzene rings is 1. The van der Waals surface area contributed by atoms with Crippen LogP contribution in [0.2, 0.25) is 0 Å². The molecule has 0 aliphatic rings. The molecule has 1 atom stereocenters. The van der Waals surface area contributed by atoms with Crippen LogP contribution in [0.15, 0.2) is 91.1 Å². The van der Waals surface area contributed by atoms with Crippen molar-refractivity contribution in [3.8, 4) is 5.75 Å². The van der Waals surface area contributed by atoms with Crippen LogP contribution in [0.5, 0.6) is 5.75 Å². The van der Waals surface area contributed by atoms with Crippen molar-refractivity contribution < 1.29 is 24.6 Å². The van der Waals surface area contributed by atoms with E-state index in [0.29, 0.717) is 19.3 Å². The summed E-state index contributed by atoms with van der Waals surface area (Å²) in [7, 11) is 0. The summed E-state index contributed by atoms with van der Waals surface area (Å²) in [6.45, 7) is 10.3. The Hall–Kier alpha value is -3.58. The topological polar surface area (TPSA) is 104 Å². The Morgan fingerprint density at radius 2 is 1.31 bits per heavy atom. The van der Waals surface area contributed by atoms with E-state index < -0.39 is 16.6 Å². The Morgan fingerprint density at radius 1 is 0.796 bits per heavy atom. The minimum atomic E-state index is -1.28. The van der Waals surface area contributed by atoms with Crippen LogP contribution in [0.4, 0.5) is 5.69 Å². The number of carboxylic acids is 1. The predicted octanol–water partition coefficient (Wildman–Crippen LogP) is 11.4. The number of rotatable bonds is 26. The average Bonchev–Trinajstić information content (AvgIpc) is 3.07. The minimum absolute atomic E-state index is 0.0918. The molecule has 3 N–H and O–H groups in total. The molecule has 1 aromatic carbocycles. The van der Waals surface area contributed by atoms with Gasteiger partial charge < -0.3 is 15.5 Å². The molecule has 1 unspecified atom stereocenters. The molecule has 0 bridgehead atoms. The average molecular weight is 692 g/mol. The van der Waals surface area contributed by atoms with Gasteiger partial charge in [0.1, 0.15) is 17.1 Å². The number of amides is 1. The molecular formula is C42H61NO5S. The molecule has 49 heavy (non-hydrogen) atoms. The smallest absolute Gasteiger partial charge is 0.339 e. The molecule has 0 saturated heterocycles. The lowest BCUT2D eigenvalue weighted by atomic mass is 9.85. The molecule has 0 saturated carbocycles. The lowest BCUT2D eigenvalue weighted by Gasteiger charge is -2.31. The zero-order chi connectivity index (χ0) is 36.3. The molecule has 7 heteroatoms. The summed E-state index contributed by atoms with van der Waals surface area (Å²) in [6, 6.07) is 3.95. The molecule has 0 aromatic heterocycles. The Morgan fingerprint density at radius 3 is 1.78 bits per heavy atom. The van der Waals surface area contributed by atoms with E-state index in [4.69, 9.17) is 0 Å². The number of allylic oxidation sites excluding steroid dienone is 12. The first-order valence-electron chi connectivity index (χ1n) is 18.0. The monoisotopic (exact) mass is 691 g/mol. The second-order valence-electron chi connectivity index (χ2n) is 12.6. The number of thioether (sulfide) groups is 1. The second-order valence-corrected chi connectivity index (χ2v) is 14.1. The minimum Gasteiger partial charge on any atom is -0.507 e. The highest BCUT2D eigenvalue weighted by Crippen LogP contribution is 2.37. The van der Waals surface area contributed by atoms with Crippen LogP contribution < -0.4 is 5.32 Å². The van der Waals surface area contributed by atoms with E-state index in [1.807, 2.05) is 27.7 Å². The van der Waals surface area contributed by atoms with Crippen molar-refractivity contribution in [3.05, 3.63) is 96.7 Å². The van der Waals surface area contributed by atoms with E-state index in [-0.39, 0.29) is 41.0 Å². The molecule has 0 fully saturated rings. The van der Waals surface area contributed by atoms with Crippen LogP contribution in [-0.2, 0) is 9.59 Å². The van der Waals surface area contributed by atoms with Crippen molar-refractivity contribution in [1.29, 1.82) is 0 Å². The molecule has 1 aromatic rings. The maximum atomic E-state index is 13.8. The number of ketones is 1. The van der Waals surface area contributed by atoms with Crippen molar-refractivity contribution in [2.24, 2.45) is 11.8 Å². The SMILES string of the molecule is CC/C=C\C/C=C\C/C=C\C/C=C\C/C=C\C/C=C\CCCSC(CC)(CC)C(=O)CC(CC(C)C)C(=O)Nc1ccc(O)c(C(=O)O)c1. The highest BCUT2D eigenvalue weighted by molar-refractivity contribution is 8.01. The van der Waals surface area contributed by atoms with Crippen molar-refractivity contribution in [1.82, 2.24) is 0 Å². The van der Waals surface area contributed by atoms with Gasteiger partial charge in [-0.05, 0) is 100 Å². The summed E-state index contributed by atoms with van der Waals surface area (Å²) in [5.74, 6) is -1.34. The van der Waals surface area contributed by atoms with Gasteiger partial charge in [0.15, 0.2) is 0 Å². The van der Waals surface area contributed by atoms with Gasteiger partial charge in [-0.25, -0.2) is 4.79 Å². The fourth-order valence-electron chi connectivity index (χ4n) is 5.33. The number of carbonyl (C=O) groups is 3. The van der Waals surface area contributed by atoms with E-state index in [1.54, 1.807) is 11.8 Å². The number of carboxylic acid groups (broad SMARTS) is 1. The third kappa shape index (κ3) is 18.7. The van der Waals surface area contributed by atoms with Gasteiger partial charge >= 0.3 is 5.97 Å². The molecule has 0 aliphatic carbocycles. The van der Waals surface area contributed by atoms with E-state index in [0.717, 1.165) is 57.1 Å². The lowest BCUT2D eigenvalue weighted by Crippen LogP contribution is -2.38. The summed E-state index contributed by atoms with van der Waals surface area (Å²) in [5, 5.41) is 21.9. The first-order chi connectivity index (χ1) is 23.6. The number of phenols is 1. The quantitative estimate of drug-likeness (QED) is 0.0507. The maximum absolute atomic E-state index is 13.8. The molecule has 0 radical (unpaired) electrons. The summed E-state index contributed by atoms with van der Waals surface area (Å²) < 4.78 is -0.539. The van der Waals surface area contributed by atoms with Crippen molar-refractivity contribution in [2.75, 3.05) is 11.1 Å². The van der Waals surface area contributed by atoms with Gasteiger partial charge in [0.25, 0.3) is 0 Å². The molecule has 6 nitrogen and oxygen atoms in total. The number of aromatic carboxylic acids is 1. The number of Topliss-reactive ketones (excluding diaryl/α,β-unsaturated/α-hetero) is 1. The summed E-state index contributed by atoms with van der Waals surface area (Å²) in [6.07, 6.45) is 36.3. The number of hydrogen-bond acceptors (Lipinski definition) is 5. The van der Waals surface area contributed by atoms with E-state index in [2.05, 4.69) is 85.2 Å². The summed E-state index contributed by atoms with van der Waals surface area (Å²) in [5.41, 5.74) is -0.00638. The van der Waals surface area contributed by atoms with E-state index in [9.17, 15) is 24.6 Å². The fourth-order valence-corrected chi connectivity index (χ4v) is 6.68. The molecule has 270 valence electrons. The predicted molar refractivity (Wildman–Crippen MR) is 209 cm³/mol. The van der Waals surface area contributed by atoms with Crippen molar-refractivity contribution >= 4 is 35.1 Å². The van der Waals surface area contributed by atoms with Gasteiger partial charge in [-0.15, -0.1) is 11.8 Å². The van der Waals surface area contributed by atoms with Crippen molar-refractivity contribution in [2.45, 2.75) is 116 Å². The van der Waals surface area contributed by atoms with Crippen LogP contribution >= 0.6 is 11.8 Å². The van der Waals surface area contributed by atoms with Crippen LogP contribution in [0, 0.1) is 11.8 Å². The Kier molecular flexibility index (Phi) is 23.3. The fraction of sp³-hybridized carbons (Fsp3) is 0.500. The Balaban J connectivity index is 2.49. The van der Waals surface area contributed by atoms with Crippen LogP contribution in [-0.4, -0.2) is 38.4 Å². The van der Waals surface area contributed by atoms with E-state index >= 15 is 0 Å². The largest absolute Gasteiger partial charge is 0.507 e. The van der Waals surface area contributed by atoms with Crippen LogP contribution in [0.3, 0.4) is 0 Å². The van der Waals surface area contributed by atoms with Crippen molar-refractivity contribution in [3.63, 3.8) is 0 Å². The molecule has 0 spiro atoms. The summed E-state index contributed by atoms with van der Waals surface area (Å²) >= 11 is 1.71. The normalized spacial score (nSPS) is 13.3. The zero-order valence-electron chi connectivity index (χ0n) is 30.5. The first-order valence-corrected chi connectivity index (χ1v) is 19.0. The standard InChI is InChI=1S/C42H61NO5S/c1-6-9-10-11-12-13-14-15-16-17-18-19-20-21-22-23-24-25-26-27-30-49-42(7-2,8-3)39(45)32-35(31-34(4)5)40(46)43-36-28-29-38(44)37(33-36)41(47)48/h9-10,12-13,15-16,18-19,21-22,24-25,28-29,33-35,44H,6-8,11,14,17,20,23,26-27,30-32H2,1-5H3,(H,43,46)(H,47,48)/b10-9-,13-12-,16-15-,19-18-,22-21-,25-24-. The number of anilines is 1. The number of carbonyl (C=O) groups excluding carboxylic acids is 2. The molecule has 0 heterocycles.